The van der Waals surface area contributed by atoms with E-state index in [1.54, 1.807) is 26.0 Å². The molecule has 3 nitrogen and oxygen atoms in total. The van der Waals surface area contributed by atoms with Crippen molar-refractivity contribution in [3.63, 3.8) is 0 Å². The summed E-state index contributed by atoms with van der Waals surface area (Å²) in [4.78, 5) is 1.13. The summed E-state index contributed by atoms with van der Waals surface area (Å²) in [5.41, 5.74) is 1.29. The number of thioether (sulfide) groups is 1. The monoisotopic (exact) mass is 267 g/mol. The fraction of sp³-hybridized carbons (Fsp3) is 0.571. The highest BCUT2D eigenvalue weighted by atomic mass is 32.2. The number of piperidine rings is 1. The van der Waals surface area contributed by atoms with Crippen molar-refractivity contribution in [2.24, 2.45) is 0 Å². The van der Waals surface area contributed by atoms with Crippen LogP contribution in [0.25, 0.3) is 0 Å². The van der Waals surface area contributed by atoms with Crippen LogP contribution in [0.2, 0.25) is 0 Å². The molecule has 1 aliphatic heterocycles. The lowest BCUT2D eigenvalue weighted by molar-refractivity contribution is 0.377. The van der Waals surface area contributed by atoms with Crippen molar-refractivity contribution in [1.29, 1.82) is 0 Å². The summed E-state index contributed by atoms with van der Waals surface area (Å²) in [5, 5.41) is 3.40. The van der Waals surface area contributed by atoms with Crippen molar-refractivity contribution in [1.82, 2.24) is 5.32 Å². The van der Waals surface area contributed by atoms with Gasteiger partial charge in [0, 0.05) is 5.56 Å². The zero-order valence-electron chi connectivity index (χ0n) is 11.3. The minimum atomic E-state index is 0.575. The van der Waals surface area contributed by atoms with Crippen molar-refractivity contribution in [2.45, 2.75) is 23.7 Å². The number of ether oxygens (including phenoxy) is 2. The molecule has 0 aromatic heterocycles. The largest absolute Gasteiger partial charge is 0.496 e. The summed E-state index contributed by atoms with van der Waals surface area (Å²) < 4.78 is 11.0. The molecule has 18 heavy (non-hydrogen) atoms. The lowest BCUT2D eigenvalue weighted by Crippen LogP contribution is -2.26. The van der Waals surface area contributed by atoms with Gasteiger partial charge in [-0.1, -0.05) is 0 Å². The van der Waals surface area contributed by atoms with E-state index < -0.39 is 0 Å². The normalized spacial score (nSPS) is 16.6. The third-order valence-corrected chi connectivity index (χ3v) is 4.27. The molecule has 1 aliphatic rings. The zero-order valence-corrected chi connectivity index (χ0v) is 12.1. The summed E-state index contributed by atoms with van der Waals surface area (Å²) >= 11 is 1.69. The third-order valence-electron chi connectivity index (χ3n) is 3.51. The molecule has 1 fully saturated rings. The summed E-state index contributed by atoms with van der Waals surface area (Å²) in [6.07, 6.45) is 4.39. The Morgan fingerprint density at radius 2 is 1.78 bits per heavy atom. The van der Waals surface area contributed by atoms with Gasteiger partial charge in [0.1, 0.15) is 11.5 Å². The fourth-order valence-electron chi connectivity index (χ4n) is 2.50. The highest BCUT2D eigenvalue weighted by Gasteiger charge is 2.21. The minimum Gasteiger partial charge on any atom is -0.496 e. The summed E-state index contributed by atoms with van der Waals surface area (Å²) in [6.45, 7) is 2.17. The second-order valence-corrected chi connectivity index (χ2v) is 5.32. The molecule has 1 aromatic rings. The molecule has 0 aliphatic carbocycles. The zero-order chi connectivity index (χ0) is 13.0. The van der Waals surface area contributed by atoms with Crippen LogP contribution >= 0.6 is 11.8 Å². The van der Waals surface area contributed by atoms with Gasteiger partial charge in [-0.05, 0) is 50.2 Å². The second-order valence-electron chi connectivity index (χ2n) is 4.47. The van der Waals surface area contributed by atoms with Crippen molar-refractivity contribution >= 4 is 11.8 Å². The summed E-state index contributed by atoms with van der Waals surface area (Å²) in [7, 11) is 3.48. The molecule has 1 N–H and O–H groups in total. The lowest BCUT2D eigenvalue weighted by Gasteiger charge is -2.25. The Labute approximate surface area is 113 Å². The predicted molar refractivity (Wildman–Crippen MR) is 76.2 cm³/mol. The molecule has 100 valence electrons. The van der Waals surface area contributed by atoms with Gasteiger partial charge in [-0.25, -0.2) is 0 Å². The van der Waals surface area contributed by atoms with Gasteiger partial charge in [-0.2, -0.15) is 0 Å². The molecule has 0 amide bonds. The molecule has 2 rings (SSSR count). The molecule has 0 unspecified atom stereocenters. The summed E-state index contributed by atoms with van der Waals surface area (Å²) in [5.74, 6) is 2.52. The molecule has 1 saturated heterocycles. The summed E-state index contributed by atoms with van der Waals surface area (Å²) in [6, 6.07) is 4.25. The Hall–Kier alpha value is -0.870. The lowest BCUT2D eigenvalue weighted by atomic mass is 9.89. The highest BCUT2D eigenvalue weighted by molar-refractivity contribution is 7.98. The van der Waals surface area contributed by atoms with Crippen LogP contribution in [-0.2, 0) is 0 Å². The first kappa shape index (κ1) is 13.6. The quantitative estimate of drug-likeness (QED) is 0.850. The number of hydrogen-bond donors (Lipinski definition) is 1. The van der Waals surface area contributed by atoms with Gasteiger partial charge in [-0.3, -0.25) is 0 Å². The average molecular weight is 267 g/mol. The van der Waals surface area contributed by atoms with E-state index in [9.17, 15) is 0 Å². The molecule has 4 heteroatoms. The first-order valence-corrected chi connectivity index (χ1v) is 7.53. The Bertz CT molecular complexity index is 403. The van der Waals surface area contributed by atoms with E-state index in [1.807, 2.05) is 0 Å². The average Bonchev–Trinajstić information content (AvgIpc) is 2.46. The Balaban J connectivity index is 2.37. The molecule has 1 aromatic carbocycles. The van der Waals surface area contributed by atoms with Gasteiger partial charge in [0.2, 0.25) is 0 Å². The van der Waals surface area contributed by atoms with Crippen molar-refractivity contribution in [3.05, 3.63) is 17.7 Å². The van der Waals surface area contributed by atoms with E-state index in [0.29, 0.717) is 5.92 Å². The van der Waals surface area contributed by atoms with Crippen LogP contribution in [0.15, 0.2) is 17.0 Å². The molecule has 1 heterocycles. The van der Waals surface area contributed by atoms with E-state index in [-0.39, 0.29) is 0 Å². The molecule has 0 radical (unpaired) electrons. The van der Waals surface area contributed by atoms with Gasteiger partial charge in [0.15, 0.2) is 0 Å². The Morgan fingerprint density at radius 3 is 2.33 bits per heavy atom. The van der Waals surface area contributed by atoms with E-state index in [1.165, 1.54) is 5.56 Å². The number of methoxy groups -OCH3 is 2. The molecule has 0 atom stereocenters. The molecular formula is C14H21NO2S. The molecular weight excluding hydrogens is 246 g/mol. The van der Waals surface area contributed by atoms with Gasteiger partial charge in [0.25, 0.3) is 0 Å². The highest BCUT2D eigenvalue weighted by Crippen LogP contribution is 2.40. The molecule has 0 saturated carbocycles. The topological polar surface area (TPSA) is 30.5 Å². The fourth-order valence-corrected chi connectivity index (χ4v) is 3.07. The van der Waals surface area contributed by atoms with Crippen LogP contribution in [0.4, 0.5) is 0 Å². The number of benzene rings is 1. The number of hydrogen-bond acceptors (Lipinski definition) is 4. The molecule has 0 spiro atoms. The van der Waals surface area contributed by atoms with E-state index in [0.717, 1.165) is 42.3 Å². The first-order valence-electron chi connectivity index (χ1n) is 6.30. The molecule has 0 bridgehead atoms. The maximum atomic E-state index is 5.55. The number of rotatable bonds is 4. The predicted octanol–water partition coefficient (Wildman–Crippen LogP) is 2.89. The van der Waals surface area contributed by atoms with Crippen LogP contribution < -0.4 is 14.8 Å². The van der Waals surface area contributed by atoms with E-state index in [4.69, 9.17) is 9.47 Å². The Morgan fingerprint density at radius 1 is 1.11 bits per heavy atom. The maximum absolute atomic E-state index is 5.55. The van der Waals surface area contributed by atoms with Gasteiger partial charge >= 0.3 is 0 Å². The second kappa shape index (κ2) is 6.34. The maximum Gasteiger partial charge on any atom is 0.132 e. The standard InChI is InChI=1S/C14H21NO2S/c1-16-12-9-14(18-3)13(17-2)8-11(12)10-4-6-15-7-5-10/h8-10,15H,4-7H2,1-3H3. The van der Waals surface area contributed by atoms with Crippen LogP contribution in [0.3, 0.4) is 0 Å². The third kappa shape index (κ3) is 2.75. The van der Waals surface area contributed by atoms with Crippen molar-refractivity contribution in [3.8, 4) is 11.5 Å². The number of nitrogens with one attached hydrogen (secondary N) is 1. The van der Waals surface area contributed by atoms with E-state index in [2.05, 4.69) is 23.7 Å². The van der Waals surface area contributed by atoms with Gasteiger partial charge < -0.3 is 14.8 Å². The smallest absolute Gasteiger partial charge is 0.132 e. The van der Waals surface area contributed by atoms with Crippen LogP contribution in [0, 0.1) is 0 Å². The first-order chi connectivity index (χ1) is 8.80. The van der Waals surface area contributed by atoms with Crippen LogP contribution in [0.5, 0.6) is 11.5 Å². The Kier molecular flexibility index (Phi) is 4.78. The van der Waals surface area contributed by atoms with Gasteiger partial charge in [-0.15, -0.1) is 11.8 Å². The van der Waals surface area contributed by atoms with Crippen LogP contribution in [-0.4, -0.2) is 33.6 Å². The van der Waals surface area contributed by atoms with Crippen molar-refractivity contribution < 1.29 is 9.47 Å². The SMILES string of the molecule is COc1cc(C2CCNCC2)c(OC)cc1SC. The van der Waals surface area contributed by atoms with Gasteiger partial charge in [0.05, 0.1) is 19.1 Å². The van der Waals surface area contributed by atoms with Crippen molar-refractivity contribution in [2.75, 3.05) is 33.6 Å². The van der Waals surface area contributed by atoms with E-state index >= 15 is 0 Å². The minimum absolute atomic E-state index is 0.575. The van der Waals surface area contributed by atoms with Crippen LogP contribution in [0.1, 0.15) is 24.3 Å².